The van der Waals surface area contributed by atoms with Crippen molar-refractivity contribution in [1.82, 2.24) is 0 Å². The van der Waals surface area contributed by atoms with Crippen molar-refractivity contribution >= 4 is 43.1 Å². The predicted octanol–water partition coefficient (Wildman–Crippen LogP) is 5.56. The highest BCUT2D eigenvalue weighted by atomic mass is 35.5. The van der Waals surface area contributed by atoms with Crippen LogP contribution in [0.5, 0.6) is 5.75 Å². The lowest BCUT2D eigenvalue weighted by Gasteiger charge is -2.13. The first-order valence-corrected chi connectivity index (χ1v) is 8.60. The number of halogens is 1. The van der Waals surface area contributed by atoms with E-state index in [1.807, 2.05) is 37.3 Å². The van der Waals surface area contributed by atoms with Gasteiger partial charge in [0.1, 0.15) is 5.75 Å². The molecule has 2 nitrogen and oxygen atoms in total. The molecule has 1 aromatic heterocycles. The van der Waals surface area contributed by atoms with Crippen LogP contribution in [0.1, 0.15) is 25.3 Å². The molecule has 0 spiro atoms. The molecule has 0 amide bonds. The third-order valence-corrected chi connectivity index (χ3v) is 5.16. The first-order chi connectivity index (χ1) is 10.6. The largest absolute Gasteiger partial charge is 0.492 e. The molecule has 0 bridgehead atoms. The van der Waals surface area contributed by atoms with Crippen molar-refractivity contribution in [3.63, 3.8) is 0 Å². The van der Waals surface area contributed by atoms with Crippen LogP contribution in [0.25, 0.3) is 20.2 Å². The molecule has 0 radical (unpaired) electrons. The van der Waals surface area contributed by atoms with Crippen LogP contribution in [0.15, 0.2) is 35.1 Å². The zero-order valence-corrected chi connectivity index (χ0v) is 14.2. The van der Waals surface area contributed by atoms with E-state index in [0.29, 0.717) is 22.4 Å². The molecule has 0 saturated heterocycles. The van der Waals surface area contributed by atoms with Gasteiger partial charge in [-0.2, -0.15) is 0 Å². The van der Waals surface area contributed by atoms with Crippen molar-refractivity contribution in [2.45, 2.75) is 26.7 Å². The van der Waals surface area contributed by atoms with Crippen LogP contribution >= 0.6 is 22.9 Å². The van der Waals surface area contributed by atoms with Gasteiger partial charge in [-0.15, -0.1) is 11.3 Å². The summed E-state index contributed by atoms with van der Waals surface area (Å²) in [5, 5.41) is 1.79. The summed E-state index contributed by atoms with van der Waals surface area (Å²) in [5.41, 5.74) is 0.953. The quantitative estimate of drug-likeness (QED) is 0.462. The second-order valence-corrected chi connectivity index (χ2v) is 6.80. The predicted molar refractivity (Wildman–Crippen MR) is 95.8 cm³/mol. The molecule has 3 rings (SSSR count). The Labute approximate surface area is 138 Å². The van der Waals surface area contributed by atoms with Gasteiger partial charge in [0.25, 0.3) is 0 Å². The van der Waals surface area contributed by atoms with Gasteiger partial charge in [0.05, 0.1) is 21.7 Å². The van der Waals surface area contributed by atoms with Gasteiger partial charge in [0.2, 0.25) is 0 Å². The number of hydrogen-bond acceptors (Lipinski definition) is 3. The fourth-order valence-electron chi connectivity index (χ4n) is 2.52. The van der Waals surface area contributed by atoms with E-state index in [0.717, 1.165) is 33.6 Å². The van der Waals surface area contributed by atoms with Crippen molar-refractivity contribution in [3.05, 3.63) is 51.1 Å². The normalized spacial score (nSPS) is 11.2. The molecule has 0 N–H and O–H groups in total. The van der Waals surface area contributed by atoms with Gasteiger partial charge in [0.15, 0.2) is 5.43 Å². The van der Waals surface area contributed by atoms with Gasteiger partial charge in [-0.3, -0.25) is 4.79 Å². The highest BCUT2D eigenvalue weighted by Gasteiger charge is 2.16. The molecule has 0 aliphatic carbocycles. The van der Waals surface area contributed by atoms with E-state index in [4.69, 9.17) is 16.3 Å². The molecule has 1 heterocycles. The van der Waals surface area contributed by atoms with Crippen LogP contribution in [0.2, 0.25) is 5.02 Å². The molecule has 0 fully saturated rings. The molecule has 0 saturated carbocycles. The molecule has 114 valence electrons. The zero-order chi connectivity index (χ0) is 15.7. The van der Waals surface area contributed by atoms with Crippen molar-refractivity contribution in [2.24, 2.45) is 0 Å². The summed E-state index contributed by atoms with van der Waals surface area (Å²) in [5.74, 6) is 0.792. The third-order valence-electron chi connectivity index (χ3n) is 3.69. The summed E-state index contributed by atoms with van der Waals surface area (Å²) in [6, 6.07) is 9.46. The summed E-state index contributed by atoms with van der Waals surface area (Å²) in [4.78, 5) is 12.8. The number of ether oxygens (including phenoxy) is 1. The summed E-state index contributed by atoms with van der Waals surface area (Å²) >= 11 is 7.92. The summed E-state index contributed by atoms with van der Waals surface area (Å²) in [6.45, 7) is 4.75. The fraction of sp³-hybridized carbons (Fsp3) is 0.278. The van der Waals surface area contributed by atoms with Crippen molar-refractivity contribution in [3.8, 4) is 5.75 Å². The molecule has 3 aromatic rings. The highest BCUT2D eigenvalue weighted by Crippen LogP contribution is 2.38. The van der Waals surface area contributed by atoms with E-state index in [-0.39, 0.29) is 5.43 Å². The van der Waals surface area contributed by atoms with Crippen LogP contribution in [0, 0.1) is 6.92 Å². The van der Waals surface area contributed by atoms with Gasteiger partial charge in [-0.05, 0) is 37.1 Å². The SMILES string of the molecule is CCCCOc1c(C)cc(Cl)c2c(=O)c3ccccc3sc12. The Bertz CT molecular complexity index is 899. The Kier molecular flexibility index (Phi) is 4.37. The monoisotopic (exact) mass is 332 g/mol. The van der Waals surface area contributed by atoms with Crippen LogP contribution in [-0.2, 0) is 0 Å². The Morgan fingerprint density at radius 2 is 2.05 bits per heavy atom. The Balaban J connectivity index is 2.33. The topological polar surface area (TPSA) is 26.3 Å². The number of unbranched alkanes of at least 4 members (excludes halogenated alkanes) is 1. The van der Waals surface area contributed by atoms with E-state index in [1.165, 1.54) is 0 Å². The number of aryl methyl sites for hydroxylation is 1. The minimum atomic E-state index is -0.0188. The average molecular weight is 333 g/mol. The van der Waals surface area contributed by atoms with Gasteiger partial charge < -0.3 is 4.74 Å². The zero-order valence-electron chi connectivity index (χ0n) is 12.6. The van der Waals surface area contributed by atoms with Gasteiger partial charge in [-0.1, -0.05) is 37.1 Å². The second kappa shape index (κ2) is 6.27. The summed E-state index contributed by atoms with van der Waals surface area (Å²) in [6.07, 6.45) is 2.07. The minimum Gasteiger partial charge on any atom is -0.492 e. The van der Waals surface area contributed by atoms with E-state index >= 15 is 0 Å². The van der Waals surface area contributed by atoms with Crippen LogP contribution < -0.4 is 10.2 Å². The summed E-state index contributed by atoms with van der Waals surface area (Å²) in [7, 11) is 0. The van der Waals surface area contributed by atoms with E-state index in [2.05, 4.69) is 6.92 Å². The van der Waals surface area contributed by atoms with Gasteiger partial charge >= 0.3 is 0 Å². The Morgan fingerprint density at radius 3 is 2.82 bits per heavy atom. The lowest BCUT2D eigenvalue weighted by atomic mass is 10.1. The maximum absolute atomic E-state index is 12.8. The minimum absolute atomic E-state index is 0.0188. The molecule has 0 aliphatic rings. The molecule has 0 atom stereocenters. The van der Waals surface area contributed by atoms with Crippen LogP contribution in [0.4, 0.5) is 0 Å². The number of hydrogen-bond donors (Lipinski definition) is 0. The number of fused-ring (bicyclic) bond motifs is 2. The van der Waals surface area contributed by atoms with Crippen molar-refractivity contribution < 1.29 is 4.74 Å². The molecule has 22 heavy (non-hydrogen) atoms. The van der Waals surface area contributed by atoms with Crippen molar-refractivity contribution in [2.75, 3.05) is 6.61 Å². The van der Waals surface area contributed by atoms with Crippen LogP contribution in [0.3, 0.4) is 0 Å². The highest BCUT2D eigenvalue weighted by molar-refractivity contribution is 7.25. The molecular weight excluding hydrogens is 316 g/mol. The third kappa shape index (κ3) is 2.59. The number of benzene rings is 2. The van der Waals surface area contributed by atoms with Gasteiger partial charge in [-0.25, -0.2) is 0 Å². The van der Waals surface area contributed by atoms with Crippen LogP contribution in [-0.4, -0.2) is 6.61 Å². The Hall–Kier alpha value is -1.58. The van der Waals surface area contributed by atoms with E-state index in [9.17, 15) is 4.79 Å². The maximum atomic E-state index is 12.8. The standard InChI is InChI=1S/C18H17ClO2S/c1-3-4-9-21-17-11(2)10-13(19)15-16(20)12-7-5-6-8-14(12)22-18(15)17/h5-8,10H,3-4,9H2,1-2H3. The lowest BCUT2D eigenvalue weighted by Crippen LogP contribution is -2.05. The second-order valence-electron chi connectivity index (χ2n) is 5.34. The maximum Gasteiger partial charge on any atom is 0.197 e. The van der Waals surface area contributed by atoms with Gasteiger partial charge in [0, 0.05) is 10.1 Å². The fourth-order valence-corrected chi connectivity index (χ4v) is 4.18. The van der Waals surface area contributed by atoms with E-state index < -0.39 is 0 Å². The molecule has 2 aromatic carbocycles. The first-order valence-electron chi connectivity index (χ1n) is 7.41. The van der Waals surface area contributed by atoms with E-state index in [1.54, 1.807) is 11.3 Å². The molecule has 4 heteroatoms. The molecule has 0 unspecified atom stereocenters. The summed E-state index contributed by atoms with van der Waals surface area (Å²) < 4.78 is 7.77. The van der Waals surface area contributed by atoms with Crippen molar-refractivity contribution in [1.29, 1.82) is 0 Å². The number of rotatable bonds is 4. The Morgan fingerprint density at radius 1 is 1.27 bits per heavy atom. The molecular formula is C18H17ClO2S. The smallest absolute Gasteiger partial charge is 0.197 e. The first kappa shape index (κ1) is 15.3. The lowest BCUT2D eigenvalue weighted by molar-refractivity contribution is 0.311. The average Bonchev–Trinajstić information content (AvgIpc) is 2.50. The molecule has 0 aliphatic heterocycles.